The minimum atomic E-state index is -0.891. The van der Waals surface area contributed by atoms with Crippen molar-refractivity contribution in [1.29, 1.82) is 0 Å². The third-order valence-corrected chi connectivity index (χ3v) is 4.47. The summed E-state index contributed by atoms with van der Waals surface area (Å²) in [5.74, 6) is -0.550. The van der Waals surface area contributed by atoms with Crippen molar-refractivity contribution in [2.75, 3.05) is 19.6 Å². The number of nitrogens with two attached hydrogens (primary N) is 1. The maximum absolute atomic E-state index is 12.6. The molecule has 2 rings (SSSR count). The van der Waals surface area contributed by atoms with E-state index in [1.165, 1.54) is 4.90 Å². The van der Waals surface area contributed by atoms with Gasteiger partial charge in [0.1, 0.15) is 5.54 Å². The fourth-order valence-corrected chi connectivity index (χ4v) is 3.31. The monoisotopic (exact) mass is 296 g/mol. The maximum atomic E-state index is 12.6. The van der Waals surface area contributed by atoms with E-state index in [4.69, 9.17) is 5.73 Å². The Kier molecular flexibility index (Phi) is 4.22. The second kappa shape index (κ2) is 5.63. The molecular weight excluding hydrogens is 272 g/mol. The average Bonchev–Trinajstić information content (AvgIpc) is 2.60. The van der Waals surface area contributed by atoms with Crippen LogP contribution in [-0.4, -0.2) is 58.9 Å². The zero-order valence-corrected chi connectivity index (χ0v) is 12.9. The predicted octanol–water partition coefficient (Wildman–Crippen LogP) is -0.0974. The number of nitrogens with one attached hydrogen (secondary N) is 1. The highest BCUT2D eigenvalue weighted by molar-refractivity contribution is 6.07. The number of hydrogen-bond acceptors (Lipinski definition) is 4. The number of carbonyl (C=O) groups excluding carboxylic acids is 3. The summed E-state index contributed by atoms with van der Waals surface area (Å²) in [5, 5.41) is 2.85. The molecular formula is C14H24N4O3. The molecule has 21 heavy (non-hydrogen) atoms. The molecule has 0 unspecified atom stereocenters. The van der Waals surface area contributed by atoms with Gasteiger partial charge in [-0.3, -0.25) is 19.4 Å². The summed E-state index contributed by atoms with van der Waals surface area (Å²) in [5.41, 5.74) is 4.35. The van der Waals surface area contributed by atoms with Crippen LogP contribution in [0.2, 0.25) is 0 Å². The van der Waals surface area contributed by atoms with Gasteiger partial charge in [-0.05, 0) is 40.2 Å². The topological polar surface area (TPSA) is 95.7 Å². The minimum absolute atomic E-state index is 0.00852. The molecule has 2 saturated heterocycles. The van der Waals surface area contributed by atoms with Crippen LogP contribution in [0.5, 0.6) is 0 Å². The van der Waals surface area contributed by atoms with Crippen LogP contribution in [0.25, 0.3) is 0 Å². The van der Waals surface area contributed by atoms with E-state index in [1.54, 1.807) is 6.92 Å². The summed E-state index contributed by atoms with van der Waals surface area (Å²) in [6, 6.07) is -0.492. The molecule has 0 saturated carbocycles. The van der Waals surface area contributed by atoms with Crippen LogP contribution in [-0.2, 0) is 9.59 Å². The summed E-state index contributed by atoms with van der Waals surface area (Å²) in [6.07, 6.45) is 1.74. The summed E-state index contributed by atoms with van der Waals surface area (Å²) in [6.45, 7) is 7.02. The molecule has 2 aliphatic rings. The lowest BCUT2D eigenvalue weighted by Gasteiger charge is -2.39. The highest BCUT2D eigenvalue weighted by Crippen LogP contribution is 2.33. The number of piperidine rings is 1. The molecule has 7 nitrogen and oxygen atoms in total. The van der Waals surface area contributed by atoms with Crippen molar-refractivity contribution in [2.45, 2.75) is 45.2 Å². The van der Waals surface area contributed by atoms with Crippen molar-refractivity contribution in [2.24, 2.45) is 11.7 Å². The number of imide groups is 1. The first-order valence-corrected chi connectivity index (χ1v) is 7.42. The fourth-order valence-electron chi connectivity index (χ4n) is 3.31. The first kappa shape index (κ1) is 15.8. The summed E-state index contributed by atoms with van der Waals surface area (Å²) in [4.78, 5) is 39.0. The number of amides is 4. The maximum Gasteiger partial charge on any atom is 0.325 e. The normalized spacial score (nSPS) is 30.9. The molecule has 7 heteroatoms. The van der Waals surface area contributed by atoms with Crippen LogP contribution < -0.4 is 11.1 Å². The lowest BCUT2D eigenvalue weighted by atomic mass is 9.80. The number of rotatable bonds is 4. The van der Waals surface area contributed by atoms with Crippen molar-refractivity contribution in [3.63, 3.8) is 0 Å². The first-order valence-electron chi connectivity index (χ1n) is 7.42. The zero-order chi connectivity index (χ0) is 15.8. The van der Waals surface area contributed by atoms with Crippen LogP contribution in [0.1, 0.15) is 33.6 Å². The Morgan fingerprint density at radius 3 is 2.67 bits per heavy atom. The Balaban J connectivity index is 2.14. The second-order valence-electron chi connectivity index (χ2n) is 6.44. The van der Waals surface area contributed by atoms with Gasteiger partial charge in [-0.2, -0.15) is 0 Å². The van der Waals surface area contributed by atoms with Gasteiger partial charge in [-0.15, -0.1) is 0 Å². The zero-order valence-electron chi connectivity index (χ0n) is 12.9. The van der Waals surface area contributed by atoms with Crippen LogP contribution in [0.15, 0.2) is 0 Å². The van der Waals surface area contributed by atoms with E-state index in [0.29, 0.717) is 6.54 Å². The molecule has 2 heterocycles. The molecule has 118 valence electrons. The van der Waals surface area contributed by atoms with Gasteiger partial charge in [0.15, 0.2) is 0 Å². The van der Waals surface area contributed by atoms with E-state index in [9.17, 15) is 14.4 Å². The minimum Gasteiger partial charge on any atom is -0.369 e. The number of likely N-dealkylation sites (tertiary alicyclic amines) is 1. The Bertz CT molecular complexity index is 465. The van der Waals surface area contributed by atoms with Gasteiger partial charge in [0.05, 0.1) is 6.54 Å². The van der Waals surface area contributed by atoms with Gasteiger partial charge in [-0.1, -0.05) is 0 Å². The predicted molar refractivity (Wildman–Crippen MR) is 77.3 cm³/mol. The van der Waals surface area contributed by atoms with Crippen LogP contribution in [0.4, 0.5) is 4.79 Å². The van der Waals surface area contributed by atoms with Crippen molar-refractivity contribution in [1.82, 2.24) is 15.1 Å². The molecule has 2 aliphatic heterocycles. The fraction of sp³-hybridized carbons (Fsp3) is 0.786. The third kappa shape index (κ3) is 2.88. The largest absolute Gasteiger partial charge is 0.369 e. The highest BCUT2D eigenvalue weighted by Gasteiger charge is 2.53. The third-order valence-electron chi connectivity index (χ3n) is 4.47. The highest BCUT2D eigenvalue weighted by atomic mass is 16.2. The molecule has 2 atom stereocenters. The van der Waals surface area contributed by atoms with E-state index < -0.39 is 5.54 Å². The van der Waals surface area contributed by atoms with Crippen LogP contribution in [0.3, 0.4) is 0 Å². The van der Waals surface area contributed by atoms with Crippen LogP contribution in [0, 0.1) is 5.92 Å². The van der Waals surface area contributed by atoms with Crippen molar-refractivity contribution >= 4 is 17.8 Å². The van der Waals surface area contributed by atoms with Crippen molar-refractivity contribution < 1.29 is 14.4 Å². The van der Waals surface area contributed by atoms with Gasteiger partial charge in [0, 0.05) is 18.5 Å². The Morgan fingerprint density at radius 1 is 1.48 bits per heavy atom. The first-order chi connectivity index (χ1) is 9.75. The van der Waals surface area contributed by atoms with E-state index in [-0.39, 0.29) is 36.3 Å². The Morgan fingerprint density at radius 2 is 2.14 bits per heavy atom. The SMILES string of the molecule is CC(C)N1C(=O)N[C@@](C)([C@H]2CCCN(CC(N)=O)C2)C1=O. The standard InChI is InChI=1S/C14H24N4O3/c1-9(2)18-12(20)14(3,16-13(18)21)10-5-4-6-17(7-10)8-11(15)19/h9-10H,4-8H2,1-3H3,(H2,15,19)(H,16,21)/t10-,14-/m0/s1. The Hall–Kier alpha value is -1.63. The lowest BCUT2D eigenvalue weighted by molar-refractivity contribution is -0.134. The van der Waals surface area contributed by atoms with Gasteiger partial charge in [0.25, 0.3) is 5.91 Å². The summed E-state index contributed by atoms with van der Waals surface area (Å²) >= 11 is 0. The van der Waals surface area contributed by atoms with Gasteiger partial charge in [-0.25, -0.2) is 4.79 Å². The molecule has 0 bridgehead atoms. The van der Waals surface area contributed by atoms with Crippen molar-refractivity contribution in [3.05, 3.63) is 0 Å². The number of nitrogens with zero attached hydrogens (tertiary/aromatic N) is 2. The van der Waals surface area contributed by atoms with E-state index in [1.807, 2.05) is 18.7 Å². The molecule has 3 N–H and O–H groups in total. The number of primary amides is 1. The van der Waals surface area contributed by atoms with Gasteiger partial charge >= 0.3 is 6.03 Å². The molecule has 0 aromatic rings. The lowest BCUT2D eigenvalue weighted by Crippen LogP contribution is -2.56. The number of urea groups is 1. The van der Waals surface area contributed by atoms with Gasteiger partial charge < -0.3 is 11.1 Å². The molecule has 0 aromatic carbocycles. The average molecular weight is 296 g/mol. The number of hydrogen-bond donors (Lipinski definition) is 2. The van der Waals surface area contributed by atoms with Gasteiger partial charge in [0.2, 0.25) is 5.91 Å². The quantitative estimate of drug-likeness (QED) is 0.708. The molecule has 0 radical (unpaired) electrons. The van der Waals surface area contributed by atoms with Crippen LogP contribution >= 0.6 is 0 Å². The molecule has 2 fully saturated rings. The van der Waals surface area contributed by atoms with Crippen molar-refractivity contribution in [3.8, 4) is 0 Å². The van der Waals surface area contributed by atoms with E-state index in [2.05, 4.69) is 5.32 Å². The second-order valence-corrected chi connectivity index (χ2v) is 6.44. The molecule has 0 spiro atoms. The van der Waals surface area contributed by atoms with E-state index in [0.717, 1.165) is 19.4 Å². The molecule has 4 amide bonds. The summed E-state index contributed by atoms with van der Waals surface area (Å²) < 4.78 is 0. The Labute approximate surface area is 124 Å². The number of carbonyl (C=O) groups is 3. The summed E-state index contributed by atoms with van der Waals surface area (Å²) in [7, 11) is 0. The molecule has 0 aliphatic carbocycles. The molecule has 0 aromatic heterocycles. The van der Waals surface area contributed by atoms with E-state index >= 15 is 0 Å². The smallest absolute Gasteiger partial charge is 0.325 e.